The molecule has 0 aliphatic rings. The van der Waals surface area contributed by atoms with Gasteiger partial charge in [-0.05, 0) is 29.5 Å². The quantitative estimate of drug-likeness (QED) is 0.802. The van der Waals surface area contributed by atoms with E-state index in [-0.39, 0.29) is 12.5 Å². The summed E-state index contributed by atoms with van der Waals surface area (Å²) in [6.45, 7) is 3.69. The van der Waals surface area contributed by atoms with Gasteiger partial charge in [0.25, 0.3) is 0 Å². The van der Waals surface area contributed by atoms with Crippen LogP contribution in [-0.2, 0) is 9.59 Å². The average molecular weight is 283 g/mol. The van der Waals surface area contributed by atoms with E-state index in [1.54, 1.807) is 36.0 Å². The first-order chi connectivity index (χ1) is 8.97. The summed E-state index contributed by atoms with van der Waals surface area (Å²) in [6.07, 6.45) is 0. The van der Waals surface area contributed by atoms with Gasteiger partial charge in [0.15, 0.2) is 6.61 Å². The molecule has 104 valence electrons. The topological polar surface area (TPSA) is 75.6 Å². The maximum atomic E-state index is 11.6. The number of carbonyl (C=O) groups is 2. The Morgan fingerprint density at radius 2 is 1.95 bits per heavy atom. The van der Waals surface area contributed by atoms with E-state index in [1.807, 2.05) is 13.8 Å². The van der Waals surface area contributed by atoms with Crippen LogP contribution in [0.2, 0.25) is 0 Å². The second kappa shape index (κ2) is 7.68. The number of aliphatic carboxylic acids is 1. The predicted molar refractivity (Wildman–Crippen MR) is 75.8 cm³/mol. The second-order valence-electron chi connectivity index (χ2n) is 4.11. The molecule has 0 bridgehead atoms. The molecule has 0 atom stereocenters. The largest absolute Gasteiger partial charge is 0.482 e. The Kier molecular flexibility index (Phi) is 6.21. The van der Waals surface area contributed by atoms with E-state index in [9.17, 15) is 9.59 Å². The Morgan fingerprint density at radius 1 is 1.32 bits per heavy atom. The van der Waals surface area contributed by atoms with Crippen molar-refractivity contribution in [2.24, 2.45) is 0 Å². The Hall–Kier alpha value is -1.69. The Labute approximate surface area is 116 Å². The molecule has 0 aliphatic carbocycles. The van der Waals surface area contributed by atoms with Crippen LogP contribution in [0.3, 0.4) is 0 Å². The van der Waals surface area contributed by atoms with Crippen molar-refractivity contribution in [1.82, 2.24) is 0 Å². The summed E-state index contributed by atoms with van der Waals surface area (Å²) >= 11 is 1.57. The summed E-state index contributed by atoms with van der Waals surface area (Å²) in [6, 6.07) is 6.59. The molecule has 0 heterocycles. The zero-order chi connectivity index (χ0) is 14.3. The molecule has 1 aromatic rings. The van der Waals surface area contributed by atoms with Gasteiger partial charge < -0.3 is 15.2 Å². The molecule has 6 heteroatoms. The fraction of sp³-hybridized carbons (Fsp3) is 0.385. The fourth-order valence-electron chi connectivity index (χ4n) is 1.22. The monoisotopic (exact) mass is 283 g/mol. The number of hydrogen-bond donors (Lipinski definition) is 2. The molecule has 0 saturated heterocycles. The molecule has 0 aromatic heterocycles. The molecule has 1 aromatic carbocycles. The van der Waals surface area contributed by atoms with Crippen molar-refractivity contribution in [3.8, 4) is 5.75 Å². The molecule has 1 amide bonds. The van der Waals surface area contributed by atoms with Gasteiger partial charge in [0.05, 0.1) is 5.75 Å². The third kappa shape index (κ3) is 6.71. The summed E-state index contributed by atoms with van der Waals surface area (Å²) in [7, 11) is 0. The smallest absolute Gasteiger partial charge is 0.341 e. The van der Waals surface area contributed by atoms with Crippen LogP contribution in [0.15, 0.2) is 24.3 Å². The highest BCUT2D eigenvalue weighted by Crippen LogP contribution is 2.16. The van der Waals surface area contributed by atoms with Crippen LogP contribution < -0.4 is 10.1 Å². The standard InChI is InChI=1S/C13H17NO4S/c1-9(2)19-8-12(15)14-10-3-5-11(6-4-10)18-7-13(16)17/h3-6,9H,7-8H2,1-2H3,(H,14,15)(H,16,17). The SMILES string of the molecule is CC(C)SCC(=O)Nc1ccc(OCC(=O)O)cc1. The number of anilines is 1. The lowest BCUT2D eigenvalue weighted by atomic mass is 10.3. The molecule has 0 radical (unpaired) electrons. The molecule has 0 spiro atoms. The van der Waals surface area contributed by atoms with Crippen molar-refractivity contribution in [2.45, 2.75) is 19.1 Å². The van der Waals surface area contributed by atoms with E-state index in [0.717, 1.165) is 0 Å². The zero-order valence-corrected chi connectivity index (χ0v) is 11.7. The molecule has 5 nitrogen and oxygen atoms in total. The van der Waals surface area contributed by atoms with Crippen LogP contribution >= 0.6 is 11.8 Å². The number of ether oxygens (including phenoxy) is 1. The highest BCUT2D eigenvalue weighted by Gasteiger charge is 2.05. The number of rotatable bonds is 7. The third-order valence-electron chi connectivity index (χ3n) is 2.05. The van der Waals surface area contributed by atoms with Crippen LogP contribution in [0.5, 0.6) is 5.75 Å². The van der Waals surface area contributed by atoms with E-state index in [0.29, 0.717) is 22.4 Å². The van der Waals surface area contributed by atoms with Crippen molar-refractivity contribution in [1.29, 1.82) is 0 Å². The molecule has 1 rings (SSSR count). The van der Waals surface area contributed by atoms with Crippen LogP contribution in [-0.4, -0.2) is 34.6 Å². The lowest BCUT2D eigenvalue weighted by Gasteiger charge is -2.08. The molecule has 0 fully saturated rings. The molecule has 0 saturated carbocycles. The van der Waals surface area contributed by atoms with Crippen molar-refractivity contribution in [3.05, 3.63) is 24.3 Å². The summed E-state index contributed by atoms with van der Waals surface area (Å²) in [4.78, 5) is 21.9. The fourth-order valence-corrected chi connectivity index (χ4v) is 1.78. The number of nitrogens with one attached hydrogen (secondary N) is 1. The molecule has 19 heavy (non-hydrogen) atoms. The van der Waals surface area contributed by atoms with Gasteiger partial charge in [-0.1, -0.05) is 13.8 Å². The van der Waals surface area contributed by atoms with E-state index in [1.165, 1.54) is 0 Å². The minimum absolute atomic E-state index is 0.0575. The minimum Gasteiger partial charge on any atom is -0.482 e. The van der Waals surface area contributed by atoms with Crippen LogP contribution in [0.4, 0.5) is 5.69 Å². The average Bonchev–Trinajstić information content (AvgIpc) is 2.35. The lowest BCUT2D eigenvalue weighted by Crippen LogP contribution is -2.15. The van der Waals surface area contributed by atoms with Gasteiger partial charge in [-0.2, -0.15) is 0 Å². The number of carboxylic acids is 1. The van der Waals surface area contributed by atoms with E-state index in [2.05, 4.69) is 5.32 Å². The normalized spacial score (nSPS) is 10.3. The van der Waals surface area contributed by atoms with Crippen molar-refractivity contribution < 1.29 is 19.4 Å². The molecule has 2 N–H and O–H groups in total. The summed E-state index contributed by atoms with van der Waals surface area (Å²) in [5.41, 5.74) is 0.664. The number of carboxylic acid groups (broad SMARTS) is 1. The Morgan fingerprint density at radius 3 is 2.47 bits per heavy atom. The number of hydrogen-bond acceptors (Lipinski definition) is 4. The highest BCUT2D eigenvalue weighted by molar-refractivity contribution is 8.00. The van der Waals surface area contributed by atoms with E-state index in [4.69, 9.17) is 9.84 Å². The maximum Gasteiger partial charge on any atom is 0.341 e. The molecular formula is C13H17NO4S. The first-order valence-corrected chi connectivity index (χ1v) is 6.88. The van der Waals surface area contributed by atoms with Crippen LogP contribution in [0, 0.1) is 0 Å². The second-order valence-corrected chi connectivity index (χ2v) is 5.68. The maximum absolute atomic E-state index is 11.6. The van der Waals surface area contributed by atoms with Gasteiger partial charge >= 0.3 is 5.97 Å². The number of benzene rings is 1. The summed E-state index contributed by atoms with van der Waals surface area (Å²) in [5.74, 6) is -0.215. The minimum atomic E-state index is -1.02. The van der Waals surface area contributed by atoms with Crippen LogP contribution in [0.25, 0.3) is 0 Å². The van der Waals surface area contributed by atoms with E-state index >= 15 is 0 Å². The van der Waals surface area contributed by atoms with Crippen LogP contribution in [0.1, 0.15) is 13.8 Å². The van der Waals surface area contributed by atoms with Gasteiger partial charge in [0.1, 0.15) is 5.75 Å². The Balaban J connectivity index is 2.43. The number of thioether (sulfide) groups is 1. The van der Waals surface area contributed by atoms with Gasteiger partial charge in [-0.25, -0.2) is 4.79 Å². The van der Waals surface area contributed by atoms with E-state index < -0.39 is 5.97 Å². The highest BCUT2D eigenvalue weighted by atomic mass is 32.2. The first kappa shape index (κ1) is 15.4. The predicted octanol–water partition coefficient (Wildman–Crippen LogP) is 2.23. The van der Waals surface area contributed by atoms with Gasteiger partial charge in [0.2, 0.25) is 5.91 Å². The van der Waals surface area contributed by atoms with Gasteiger partial charge in [-0.15, -0.1) is 11.8 Å². The van der Waals surface area contributed by atoms with Gasteiger partial charge in [-0.3, -0.25) is 4.79 Å². The van der Waals surface area contributed by atoms with Crippen molar-refractivity contribution >= 4 is 29.3 Å². The Bertz CT molecular complexity index is 431. The van der Waals surface area contributed by atoms with Crippen molar-refractivity contribution in [2.75, 3.05) is 17.7 Å². The molecular weight excluding hydrogens is 266 g/mol. The first-order valence-electron chi connectivity index (χ1n) is 5.83. The molecule has 0 aliphatic heterocycles. The summed E-state index contributed by atoms with van der Waals surface area (Å²) in [5, 5.41) is 11.6. The lowest BCUT2D eigenvalue weighted by molar-refractivity contribution is -0.139. The molecule has 0 unspecified atom stereocenters. The van der Waals surface area contributed by atoms with Gasteiger partial charge in [0, 0.05) is 5.69 Å². The third-order valence-corrected chi connectivity index (χ3v) is 3.14. The van der Waals surface area contributed by atoms with Crippen molar-refractivity contribution in [3.63, 3.8) is 0 Å². The number of carbonyl (C=O) groups excluding carboxylic acids is 1. The summed E-state index contributed by atoms with van der Waals surface area (Å²) < 4.78 is 4.99. The zero-order valence-electron chi connectivity index (χ0n) is 10.9. The number of amides is 1.